The summed E-state index contributed by atoms with van der Waals surface area (Å²) in [5.74, 6) is 1.49. The number of hydrogen-bond acceptors (Lipinski definition) is 5. The summed E-state index contributed by atoms with van der Waals surface area (Å²) in [4.78, 5) is 4.18. The third-order valence-electron chi connectivity index (χ3n) is 2.59. The first-order chi connectivity index (χ1) is 7.86. The Morgan fingerprint density at radius 1 is 1.38 bits per heavy atom. The van der Waals surface area contributed by atoms with Crippen LogP contribution in [0.1, 0.15) is 17.5 Å². The Bertz CT molecular complexity index is 484. The summed E-state index contributed by atoms with van der Waals surface area (Å²) in [5.41, 5.74) is 1.18. The number of hydrogen-bond donors (Lipinski definition) is 1. The Morgan fingerprint density at radius 3 is 3.00 bits per heavy atom. The van der Waals surface area contributed by atoms with Gasteiger partial charge in [-0.05, 0) is 11.6 Å². The number of para-hydroxylation sites is 1. The normalized spacial score (nSPS) is 17.9. The highest BCUT2D eigenvalue weighted by Gasteiger charge is 2.27. The van der Waals surface area contributed by atoms with Crippen molar-refractivity contribution >= 4 is 6.01 Å². The predicted octanol–water partition coefficient (Wildman–Crippen LogP) is 1.79. The maximum atomic E-state index is 5.74. The van der Waals surface area contributed by atoms with Gasteiger partial charge in [-0.2, -0.15) is 4.98 Å². The van der Waals surface area contributed by atoms with E-state index in [1.807, 2.05) is 24.3 Å². The molecule has 0 saturated heterocycles. The molecule has 2 aromatic rings. The largest absolute Gasteiger partial charge is 0.482 e. The molecule has 82 valence electrons. The molecular weight excluding hydrogens is 206 g/mol. The molecule has 1 aliphatic rings. The van der Waals surface area contributed by atoms with Crippen LogP contribution in [0.4, 0.5) is 6.01 Å². The molecule has 1 aromatic carbocycles. The van der Waals surface area contributed by atoms with Crippen molar-refractivity contribution in [2.24, 2.45) is 0 Å². The monoisotopic (exact) mass is 217 g/mol. The lowest BCUT2D eigenvalue weighted by molar-refractivity contribution is 0.221. The van der Waals surface area contributed by atoms with Gasteiger partial charge in [0.05, 0.1) is 0 Å². The SMILES string of the molecule is CNc1nc(C2Cc3ccccc3O2)no1. The van der Waals surface area contributed by atoms with E-state index in [1.54, 1.807) is 7.05 Å². The zero-order chi connectivity index (χ0) is 11.0. The summed E-state index contributed by atoms with van der Waals surface area (Å²) in [6, 6.07) is 8.37. The van der Waals surface area contributed by atoms with E-state index in [4.69, 9.17) is 9.26 Å². The van der Waals surface area contributed by atoms with E-state index in [-0.39, 0.29) is 6.10 Å². The summed E-state index contributed by atoms with van der Waals surface area (Å²) in [6.45, 7) is 0. The van der Waals surface area contributed by atoms with Gasteiger partial charge < -0.3 is 14.6 Å². The highest BCUT2D eigenvalue weighted by molar-refractivity contribution is 5.38. The Hall–Kier alpha value is -2.04. The lowest BCUT2D eigenvalue weighted by Gasteiger charge is -2.04. The van der Waals surface area contributed by atoms with E-state index in [1.165, 1.54) is 5.56 Å². The Labute approximate surface area is 92.4 Å². The van der Waals surface area contributed by atoms with Crippen molar-refractivity contribution < 1.29 is 9.26 Å². The van der Waals surface area contributed by atoms with Crippen LogP contribution in [0.25, 0.3) is 0 Å². The average molecular weight is 217 g/mol. The summed E-state index contributed by atoms with van der Waals surface area (Å²) >= 11 is 0. The maximum Gasteiger partial charge on any atom is 0.321 e. The first-order valence-corrected chi connectivity index (χ1v) is 5.13. The molecular formula is C11H11N3O2. The molecule has 0 spiro atoms. The van der Waals surface area contributed by atoms with E-state index in [2.05, 4.69) is 15.5 Å². The molecule has 0 aliphatic carbocycles. The number of benzene rings is 1. The molecule has 0 saturated carbocycles. The molecule has 1 aromatic heterocycles. The van der Waals surface area contributed by atoms with E-state index in [9.17, 15) is 0 Å². The molecule has 1 atom stereocenters. The lowest BCUT2D eigenvalue weighted by Crippen LogP contribution is -2.05. The van der Waals surface area contributed by atoms with E-state index >= 15 is 0 Å². The highest BCUT2D eigenvalue weighted by atomic mass is 16.5. The Morgan fingerprint density at radius 2 is 2.25 bits per heavy atom. The molecule has 1 aliphatic heterocycles. The number of fused-ring (bicyclic) bond motifs is 1. The minimum Gasteiger partial charge on any atom is -0.482 e. The molecule has 2 heterocycles. The fourth-order valence-electron chi connectivity index (χ4n) is 1.79. The summed E-state index contributed by atoms with van der Waals surface area (Å²) < 4.78 is 10.7. The number of ether oxygens (including phenoxy) is 1. The number of rotatable bonds is 2. The van der Waals surface area contributed by atoms with Crippen LogP contribution in [-0.2, 0) is 6.42 Å². The molecule has 5 nitrogen and oxygen atoms in total. The molecule has 0 radical (unpaired) electrons. The molecule has 16 heavy (non-hydrogen) atoms. The van der Waals surface area contributed by atoms with Gasteiger partial charge in [-0.25, -0.2) is 0 Å². The number of nitrogens with one attached hydrogen (secondary N) is 1. The van der Waals surface area contributed by atoms with Crippen LogP contribution in [0.2, 0.25) is 0 Å². The van der Waals surface area contributed by atoms with Crippen molar-refractivity contribution in [2.75, 3.05) is 12.4 Å². The molecule has 0 bridgehead atoms. The third kappa shape index (κ3) is 1.41. The number of aromatic nitrogens is 2. The van der Waals surface area contributed by atoms with Gasteiger partial charge in [0.2, 0.25) is 5.82 Å². The first kappa shape index (κ1) is 9.21. The van der Waals surface area contributed by atoms with Crippen molar-refractivity contribution in [3.05, 3.63) is 35.7 Å². The summed E-state index contributed by atoms with van der Waals surface area (Å²) in [6.07, 6.45) is 0.655. The van der Waals surface area contributed by atoms with Gasteiger partial charge in [-0.1, -0.05) is 23.4 Å². The Balaban J connectivity index is 1.85. The van der Waals surface area contributed by atoms with Gasteiger partial charge in [-0.3, -0.25) is 0 Å². The second kappa shape index (κ2) is 3.52. The average Bonchev–Trinajstić information content (AvgIpc) is 2.95. The quantitative estimate of drug-likeness (QED) is 0.830. The molecule has 3 rings (SSSR count). The van der Waals surface area contributed by atoms with Crippen LogP contribution in [0.5, 0.6) is 5.75 Å². The topological polar surface area (TPSA) is 60.2 Å². The van der Waals surface area contributed by atoms with Crippen molar-refractivity contribution in [1.82, 2.24) is 10.1 Å². The third-order valence-corrected chi connectivity index (χ3v) is 2.59. The molecule has 1 unspecified atom stereocenters. The second-order valence-electron chi connectivity index (χ2n) is 3.63. The van der Waals surface area contributed by atoms with E-state index < -0.39 is 0 Å². The maximum absolute atomic E-state index is 5.74. The zero-order valence-corrected chi connectivity index (χ0v) is 8.80. The van der Waals surface area contributed by atoms with Crippen LogP contribution >= 0.6 is 0 Å². The zero-order valence-electron chi connectivity index (χ0n) is 8.80. The molecule has 0 fully saturated rings. The van der Waals surface area contributed by atoms with Crippen LogP contribution in [0.15, 0.2) is 28.8 Å². The Kier molecular flexibility index (Phi) is 2.02. The van der Waals surface area contributed by atoms with Crippen LogP contribution in [-0.4, -0.2) is 17.2 Å². The van der Waals surface area contributed by atoms with E-state index in [0.717, 1.165) is 12.2 Å². The van der Waals surface area contributed by atoms with Crippen molar-refractivity contribution in [3.8, 4) is 5.75 Å². The van der Waals surface area contributed by atoms with Gasteiger partial charge >= 0.3 is 6.01 Å². The fourth-order valence-corrected chi connectivity index (χ4v) is 1.79. The van der Waals surface area contributed by atoms with Gasteiger partial charge in [-0.15, -0.1) is 0 Å². The molecule has 1 N–H and O–H groups in total. The predicted molar refractivity (Wildman–Crippen MR) is 57.4 cm³/mol. The minimum atomic E-state index is -0.136. The number of anilines is 1. The second-order valence-corrected chi connectivity index (χ2v) is 3.63. The standard InChI is InChI=1S/C11H11N3O2/c1-12-11-13-10(14-16-11)9-6-7-4-2-3-5-8(7)15-9/h2-5,9H,6H2,1H3,(H,12,13,14). The summed E-state index contributed by atoms with van der Waals surface area (Å²) in [7, 11) is 1.74. The van der Waals surface area contributed by atoms with Crippen molar-refractivity contribution in [1.29, 1.82) is 0 Å². The lowest BCUT2D eigenvalue weighted by atomic mass is 10.1. The minimum absolute atomic E-state index is 0.136. The number of nitrogens with zero attached hydrogens (tertiary/aromatic N) is 2. The van der Waals surface area contributed by atoms with E-state index in [0.29, 0.717) is 11.8 Å². The molecule has 5 heteroatoms. The van der Waals surface area contributed by atoms with Crippen LogP contribution in [0.3, 0.4) is 0 Å². The van der Waals surface area contributed by atoms with Gasteiger partial charge in [0.25, 0.3) is 0 Å². The van der Waals surface area contributed by atoms with Crippen LogP contribution in [0, 0.1) is 0 Å². The fraction of sp³-hybridized carbons (Fsp3) is 0.273. The van der Waals surface area contributed by atoms with Gasteiger partial charge in [0.1, 0.15) is 5.75 Å². The van der Waals surface area contributed by atoms with Gasteiger partial charge in [0.15, 0.2) is 6.10 Å². The molecule has 0 amide bonds. The first-order valence-electron chi connectivity index (χ1n) is 5.13. The highest BCUT2D eigenvalue weighted by Crippen LogP contribution is 2.35. The van der Waals surface area contributed by atoms with Crippen molar-refractivity contribution in [3.63, 3.8) is 0 Å². The summed E-state index contributed by atoms with van der Waals surface area (Å²) in [5, 5.41) is 6.67. The van der Waals surface area contributed by atoms with Crippen LogP contribution < -0.4 is 10.1 Å². The van der Waals surface area contributed by atoms with Crippen molar-refractivity contribution in [2.45, 2.75) is 12.5 Å². The smallest absolute Gasteiger partial charge is 0.321 e. The van der Waals surface area contributed by atoms with Gasteiger partial charge in [0, 0.05) is 13.5 Å².